The van der Waals surface area contributed by atoms with Crippen LogP contribution < -0.4 is 32.2 Å². The van der Waals surface area contributed by atoms with Crippen LogP contribution in [0.3, 0.4) is 0 Å². The monoisotopic (exact) mass is 393 g/mol. The van der Waals surface area contributed by atoms with Gasteiger partial charge in [0.1, 0.15) is 29.6 Å². The third kappa shape index (κ3) is 5.55. The molecule has 0 bridgehead atoms. The Labute approximate surface area is 165 Å². The minimum absolute atomic E-state index is 0.236. The first-order valence-corrected chi connectivity index (χ1v) is 9.55. The summed E-state index contributed by atoms with van der Waals surface area (Å²) < 4.78 is 11.9. The molecular formula is C19H28ClN5O2. The lowest BCUT2D eigenvalue weighted by molar-refractivity contribution is 0.202. The average Bonchev–Trinajstić information content (AvgIpc) is 3.18. The van der Waals surface area contributed by atoms with Crippen molar-refractivity contribution in [3.63, 3.8) is 0 Å². The normalized spacial score (nSPS) is 13.6. The SMILES string of the molecule is CC.NNc1nc(N)cc(OCc2cc(Cl)ccc2OC2CCCC2)c1N. The van der Waals surface area contributed by atoms with Crippen molar-refractivity contribution in [3.8, 4) is 11.5 Å². The van der Waals surface area contributed by atoms with Crippen LogP contribution in [-0.4, -0.2) is 11.1 Å². The lowest BCUT2D eigenvalue weighted by atomic mass is 10.2. The fraction of sp³-hybridized carbons (Fsp3) is 0.421. The number of nitrogens with two attached hydrogens (primary N) is 3. The second-order valence-corrected chi connectivity index (χ2v) is 6.45. The van der Waals surface area contributed by atoms with Gasteiger partial charge in [-0.2, -0.15) is 0 Å². The molecule has 1 aromatic heterocycles. The van der Waals surface area contributed by atoms with Gasteiger partial charge in [-0.05, 0) is 43.9 Å². The first-order valence-electron chi connectivity index (χ1n) is 9.17. The highest BCUT2D eigenvalue weighted by molar-refractivity contribution is 6.30. The lowest BCUT2D eigenvalue weighted by Gasteiger charge is -2.18. The van der Waals surface area contributed by atoms with Crippen molar-refractivity contribution in [2.24, 2.45) is 5.84 Å². The zero-order valence-electron chi connectivity index (χ0n) is 15.8. The van der Waals surface area contributed by atoms with Crippen LogP contribution in [-0.2, 0) is 6.61 Å². The molecule has 0 atom stereocenters. The van der Waals surface area contributed by atoms with Crippen molar-refractivity contribution >= 4 is 28.9 Å². The maximum absolute atomic E-state index is 6.13. The van der Waals surface area contributed by atoms with Crippen molar-refractivity contribution in [2.75, 3.05) is 16.9 Å². The Morgan fingerprint density at radius 2 is 1.85 bits per heavy atom. The number of benzene rings is 1. The summed E-state index contributed by atoms with van der Waals surface area (Å²) in [7, 11) is 0. The number of nitrogen functional groups attached to an aromatic ring is 3. The molecule has 7 nitrogen and oxygen atoms in total. The summed E-state index contributed by atoms with van der Waals surface area (Å²) in [6, 6.07) is 7.06. The van der Waals surface area contributed by atoms with Crippen LogP contribution in [0, 0.1) is 0 Å². The number of rotatable bonds is 6. The summed E-state index contributed by atoms with van der Waals surface area (Å²) in [4.78, 5) is 4.00. The molecule has 0 unspecified atom stereocenters. The molecule has 148 valence electrons. The van der Waals surface area contributed by atoms with Gasteiger partial charge in [0.05, 0.1) is 6.10 Å². The first kappa shape index (κ1) is 20.9. The molecule has 0 amide bonds. The van der Waals surface area contributed by atoms with E-state index in [2.05, 4.69) is 10.4 Å². The quantitative estimate of drug-likeness (QED) is 0.430. The van der Waals surface area contributed by atoms with Crippen LogP contribution in [0.4, 0.5) is 17.3 Å². The third-order valence-corrected chi connectivity index (χ3v) is 4.41. The van der Waals surface area contributed by atoms with Gasteiger partial charge in [-0.1, -0.05) is 25.4 Å². The minimum atomic E-state index is 0.236. The highest BCUT2D eigenvalue weighted by atomic mass is 35.5. The molecular weight excluding hydrogens is 366 g/mol. The molecule has 0 aliphatic heterocycles. The number of ether oxygens (including phenoxy) is 2. The van der Waals surface area contributed by atoms with Crippen molar-refractivity contribution in [3.05, 3.63) is 34.9 Å². The molecule has 0 spiro atoms. The number of aromatic nitrogens is 1. The number of hydrogen-bond donors (Lipinski definition) is 4. The van der Waals surface area contributed by atoms with Crippen LogP contribution in [0.1, 0.15) is 45.1 Å². The van der Waals surface area contributed by atoms with Gasteiger partial charge in [-0.3, -0.25) is 0 Å². The molecule has 1 fully saturated rings. The molecule has 1 aliphatic rings. The highest BCUT2D eigenvalue weighted by Gasteiger charge is 2.18. The number of hydrogen-bond acceptors (Lipinski definition) is 7. The van der Waals surface area contributed by atoms with E-state index in [1.54, 1.807) is 6.07 Å². The fourth-order valence-corrected chi connectivity index (χ4v) is 3.09. The second kappa shape index (κ2) is 10.1. The van der Waals surface area contributed by atoms with Crippen molar-refractivity contribution in [1.82, 2.24) is 4.98 Å². The van der Waals surface area contributed by atoms with Gasteiger partial charge in [-0.25, -0.2) is 10.8 Å². The van der Waals surface area contributed by atoms with Gasteiger partial charge < -0.3 is 26.4 Å². The van der Waals surface area contributed by atoms with E-state index in [4.69, 9.17) is 38.4 Å². The topological polar surface area (TPSA) is 121 Å². The van der Waals surface area contributed by atoms with Crippen LogP contribution in [0.15, 0.2) is 24.3 Å². The second-order valence-electron chi connectivity index (χ2n) is 6.02. The molecule has 1 aromatic carbocycles. The van der Waals surface area contributed by atoms with Crippen molar-refractivity contribution < 1.29 is 9.47 Å². The number of nitrogens with one attached hydrogen (secondary N) is 1. The van der Waals surface area contributed by atoms with E-state index in [0.29, 0.717) is 10.8 Å². The molecule has 3 rings (SSSR count). The molecule has 0 saturated heterocycles. The Kier molecular flexibility index (Phi) is 7.82. The Balaban J connectivity index is 0.00000126. The molecule has 27 heavy (non-hydrogen) atoms. The maximum Gasteiger partial charge on any atom is 0.169 e. The summed E-state index contributed by atoms with van der Waals surface area (Å²) in [6.07, 6.45) is 4.79. The van der Waals surface area contributed by atoms with E-state index >= 15 is 0 Å². The molecule has 1 heterocycles. The average molecular weight is 394 g/mol. The summed E-state index contributed by atoms with van der Waals surface area (Å²) >= 11 is 6.13. The highest BCUT2D eigenvalue weighted by Crippen LogP contribution is 2.33. The predicted octanol–water partition coefficient (Wildman–Crippen LogP) is 4.11. The van der Waals surface area contributed by atoms with Gasteiger partial charge in [-0.15, -0.1) is 0 Å². The Hall–Kier alpha value is -2.38. The van der Waals surface area contributed by atoms with Gasteiger partial charge in [0.2, 0.25) is 0 Å². The summed E-state index contributed by atoms with van der Waals surface area (Å²) in [5.74, 6) is 7.08. The summed E-state index contributed by atoms with van der Waals surface area (Å²) in [6.45, 7) is 4.24. The third-order valence-electron chi connectivity index (χ3n) is 4.18. The Morgan fingerprint density at radius 3 is 2.52 bits per heavy atom. The molecule has 1 saturated carbocycles. The van der Waals surface area contributed by atoms with E-state index < -0.39 is 0 Å². The number of halogens is 1. The van der Waals surface area contributed by atoms with Gasteiger partial charge in [0, 0.05) is 16.7 Å². The molecule has 2 aromatic rings. The van der Waals surface area contributed by atoms with Gasteiger partial charge in [0.15, 0.2) is 5.82 Å². The zero-order valence-corrected chi connectivity index (χ0v) is 16.6. The number of hydrazine groups is 1. The van der Waals surface area contributed by atoms with Gasteiger partial charge in [0.25, 0.3) is 0 Å². The van der Waals surface area contributed by atoms with Crippen molar-refractivity contribution in [1.29, 1.82) is 0 Å². The lowest BCUT2D eigenvalue weighted by Crippen LogP contribution is -2.14. The fourth-order valence-electron chi connectivity index (χ4n) is 2.90. The number of anilines is 3. The summed E-state index contributed by atoms with van der Waals surface area (Å²) in [5, 5.41) is 0.615. The Bertz CT molecular complexity index is 751. The van der Waals surface area contributed by atoms with Crippen LogP contribution in [0.2, 0.25) is 5.02 Å². The Morgan fingerprint density at radius 1 is 1.15 bits per heavy atom. The van der Waals surface area contributed by atoms with E-state index in [-0.39, 0.29) is 30.0 Å². The minimum Gasteiger partial charge on any atom is -0.490 e. The standard InChI is InChI=1S/C17H22ClN5O2.C2H6/c18-11-5-6-13(25-12-3-1-2-4-12)10(7-11)9-24-14-8-15(19)22-17(23-21)16(14)20;1-2/h5-8,12H,1-4,9,20-21H2,(H3,19,22,23);1-2H3. The number of pyridine rings is 1. The molecule has 7 N–H and O–H groups in total. The first-order chi connectivity index (χ1) is 13.1. The van der Waals surface area contributed by atoms with E-state index in [1.165, 1.54) is 12.8 Å². The van der Waals surface area contributed by atoms with Crippen LogP contribution in [0.25, 0.3) is 0 Å². The summed E-state index contributed by atoms with van der Waals surface area (Å²) in [5.41, 5.74) is 15.3. The van der Waals surface area contributed by atoms with Gasteiger partial charge >= 0.3 is 0 Å². The predicted molar refractivity (Wildman–Crippen MR) is 111 cm³/mol. The van der Waals surface area contributed by atoms with E-state index in [1.807, 2.05) is 32.0 Å². The zero-order chi connectivity index (χ0) is 19.8. The maximum atomic E-state index is 6.13. The molecule has 0 radical (unpaired) electrons. The molecule has 1 aliphatic carbocycles. The van der Waals surface area contributed by atoms with E-state index in [9.17, 15) is 0 Å². The van der Waals surface area contributed by atoms with Crippen LogP contribution >= 0.6 is 11.6 Å². The van der Waals surface area contributed by atoms with E-state index in [0.717, 1.165) is 24.2 Å². The van der Waals surface area contributed by atoms with Crippen molar-refractivity contribution in [2.45, 2.75) is 52.2 Å². The largest absolute Gasteiger partial charge is 0.490 e. The smallest absolute Gasteiger partial charge is 0.169 e. The van der Waals surface area contributed by atoms with Crippen LogP contribution in [0.5, 0.6) is 11.5 Å². The number of nitrogens with zero attached hydrogens (tertiary/aromatic N) is 1. The molecule has 8 heteroatoms.